The Bertz CT molecular complexity index is 368. The molecule has 1 nitrogen and oxygen atoms in total. The molecule has 1 rings (SSSR count). The lowest BCUT2D eigenvalue weighted by Gasteiger charge is -2.17. The summed E-state index contributed by atoms with van der Waals surface area (Å²) in [6.45, 7) is 5.59. The molecule has 10 heavy (non-hydrogen) atoms. The molecule has 0 spiro atoms. The second-order valence-corrected chi connectivity index (χ2v) is 3.21. The number of nitrogens with zero attached hydrogens (tertiary/aromatic N) is 1. The molecule has 0 aliphatic rings. The van der Waals surface area contributed by atoms with Crippen molar-refractivity contribution in [2.45, 2.75) is 26.2 Å². The van der Waals surface area contributed by atoms with Crippen molar-refractivity contribution in [1.82, 2.24) is 4.98 Å². The van der Waals surface area contributed by atoms with Gasteiger partial charge in [0.25, 0.3) is 0 Å². The maximum atomic E-state index is 7.67. The van der Waals surface area contributed by atoms with Crippen LogP contribution in [0.15, 0.2) is 24.4 Å². The zero-order chi connectivity index (χ0) is 11.1. The van der Waals surface area contributed by atoms with Gasteiger partial charge in [0.05, 0.1) is 5.48 Å². The zero-order valence-electron chi connectivity index (χ0n) is 10.4. The van der Waals surface area contributed by atoms with Crippen LogP contribution in [0.25, 0.3) is 0 Å². The van der Waals surface area contributed by atoms with Crippen molar-refractivity contribution in [1.29, 1.82) is 0 Å². The van der Waals surface area contributed by atoms with E-state index in [0.717, 1.165) is 0 Å². The minimum atomic E-state index is -0.384. The third kappa shape index (κ3) is 1.56. The average Bonchev–Trinajstić information content (AvgIpc) is 1.97. The third-order valence-corrected chi connectivity index (χ3v) is 1.22. The van der Waals surface area contributed by atoms with Crippen molar-refractivity contribution in [3.05, 3.63) is 30.0 Å². The molecule has 0 bridgehead atoms. The van der Waals surface area contributed by atoms with Crippen molar-refractivity contribution in [3.8, 4) is 0 Å². The Morgan fingerprint density at radius 1 is 1.50 bits per heavy atom. The highest BCUT2D eigenvalue weighted by Crippen LogP contribution is 2.19. The van der Waals surface area contributed by atoms with Crippen LogP contribution in [0.3, 0.4) is 0 Å². The summed E-state index contributed by atoms with van der Waals surface area (Å²) in [5.41, 5.74) is 0.0449. The Labute approximate surface area is 67.7 Å². The zero-order valence-corrected chi connectivity index (χ0v) is 6.45. The van der Waals surface area contributed by atoms with E-state index in [9.17, 15) is 0 Å². The first-order valence-corrected chi connectivity index (χ1v) is 3.20. The van der Waals surface area contributed by atoms with Gasteiger partial charge in [-0.25, -0.2) is 0 Å². The van der Waals surface area contributed by atoms with Crippen LogP contribution >= 0.6 is 0 Å². The van der Waals surface area contributed by atoms with E-state index in [1.54, 1.807) is 0 Å². The molecule has 0 unspecified atom stereocenters. The van der Waals surface area contributed by atoms with Crippen molar-refractivity contribution >= 4 is 0 Å². The van der Waals surface area contributed by atoms with Gasteiger partial charge in [0, 0.05) is 12.3 Å². The van der Waals surface area contributed by atoms with Crippen molar-refractivity contribution in [2.75, 3.05) is 0 Å². The highest BCUT2D eigenvalue weighted by atomic mass is 14.6. The van der Waals surface area contributed by atoms with Gasteiger partial charge in [-0.3, -0.25) is 4.98 Å². The maximum absolute atomic E-state index is 7.67. The van der Waals surface area contributed by atoms with Gasteiger partial charge in [0.1, 0.15) is 0 Å². The molecule has 0 fully saturated rings. The summed E-state index contributed by atoms with van der Waals surface area (Å²) in [6.07, 6.45) is -0.364. The summed E-state index contributed by atoms with van der Waals surface area (Å²) < 4.78 is 29.9. The van der Waals surface area contributed by atoms with Crippen LogP contribution in [0.4, 0.5) is 0 Å². The summed E-state index contributed by atoms with van der Waals surface area (Å²) in [4.78, 5) is 3.63. The molecule has 0 saturated heterocycles. The maximum Gasteiger partial charge on any atom is 0.0843 e. The molecule has 0 atom stereocenters. The van der Waals surface area contributed by atoms with Gasteiger partial charge in [-0.15, -0.1) is 0 Å². The molecule has 1 aromatic heterocycles. The van der Waals surface area contributed by atoms with E-state index in [4.69, 9.17) is 5.48 Å². The molecule has 1 aromatic rings. The van der Waals surface area contributed by atoms with Crippen LogP contribution < -0.4 is 0 Å². The van der Waals surface area contributed by atoms with Crippen molar-refractivity contribution in [3.63, 3.8) is 0 Å². The lowest BCUT2D eigenvalue weighted by molar-refractivity contribution is 0.587. The van der Waals surface area contributed by atoms with E-state index in [0.29, 0.717) is 5.56 Å². The molecular formula is C9H13N. The molecule has 0 saturated carbocycles. The van der Waals surface area contributed by atoms with Gasteiger partial charge >= 0.3 is 0 Å². The topological polar surface area (TPSA) is 12.9 Å². The van der Waals surface area contributed by atoms with E-state index in [-0.39, 0.29) is 29.8 Å². The smallest absolute Gasteiger partial charge is 0.0843 e. The molecule has 0 aliphatic carbocycles. The van der Waals surface area contributed by atoms with Crippen LogP contribution in [0, 0.1) is 0 Å². The van der Waals surface area contributed by atoms with Gasteiger partial charge in [0.2, 0.25) is 0 Å². The fourth-order valence-corrected chi connectivity index (χ4v) is 0.585. The molecular weight excluding hydrogens is 122 g/mol. The van der Waals surface area contributed by atoms with Gasteiger partial charge in [-0.2, -0.15) is 0 Å². The lowest BCUT2D eigenvalue weighted by atomic mass is 9.88. The first kappa shape index (κ1) is 3.51. The van der Waals surface area contributed by atoms with Crippen LogP contribution in [-0.4, -0.2) is 4.98 Å². The Kier molecular flexibility index (Phi) is 0.847. The number of pyridine rings is 1. The second-order valence-electron chi connectivity index (χ2n) is 3.21. The summed E-state index contributed by atoms with van der Waals surface area (Å²) >= 11 is 0. The first-order chi connectivity index (χ1) is 6.25. The second kappa shape index (κ2) is 2.41. The summed E-state index contributed by atoms with van der Waals surface area (Å²) in [7, 11) is 0. The summed E-state index contributed by atoms with van der Waals surface area (Å²) in [6, 6.07) is -0.256. The van der Waals surface area contributed by atoms with E-state index >= 15 is 0 Å². The van der Waals surface area contributed by atoms with Crippen LogP contribution in [-0.2, 0) is 5.41 Å². The standard InChI is InChI=1S/C9H13N/c1-9(2,3)8-5-4-6-10-7-8/h4-7H,1-3H3/i4D,5D,6D,7D. The van der Waals surface area contributed by atoms with E-state index in [1.165, 1.54) is 0 Å². The fraction of sp³-hybridized carbons (Fsp3) is 0.444. The van der Waals surface area contributed by atoms with Gasteiger partial charge in [0.15, 0.2) is 0 Å². The van der Waals surface area contributed by atoms with Gasteiger partial charge in [-0.1, -0.05) is 26.8 Å². The van der Waals surface area contributed by atoms with Gasteiger partial charge < -0.3 is 0 Å². The van der Waals surface area contributed by atoms with E-state index in [2.05, 4.69) is 4.98 Å². The molecule has 0 amide bonds. The van der Waals surface area contributed by atoms with E-state index in [1.807, 2.05) is 20.8 Å². The fourth-order valence-electron chi connectivity index (χ4n) is 0.585. The quantitative estimate of drug-likeness (QED) is 0.537. The minimum absolute atomic E-state index is 0.0532. The highest BCUT2D eigenvalue weighted by Gasteiger charge is 2.11. The molecule has 0 radical (unpaired) electrons. The average molecular weight is 139 g/mol. The third-order valence-electron chi connectivity index (χ3n) is 1.22. The summed E-state index contributed by atoms with van der Waals surface area (Å²) in [5.74, 6) is 0. The number of rotatable bonds is 0. The molecule has 54 valence electrons. The Morgan fingerprint density at radius 2 is 2.20 bits per heavy atom. The number of hydrogen-bond donors (Lipinski definition) is 0. The Morgan fingerprint density at radius 3 is 2.80 bits per heavy atom. The van der Waals surface area contributed by atoms with Crippen LogP contribution in [0.1, 0.15) is 31.8 Å². The predicted octanol–water partition coefficient (Wildman–Crippen LogP) is 2.38. The van der Waals surface area contributed by atoms with Gasteiger partial charge in [-0.05, 0) is 17.0 Å². The molecule has 0 N–H and O–H groups in total. The SMILES string of the molecule is [2H]c1nc([2H])c(C(C)(C)C)c([2H])c1[2H]. The number of hydrogen-bond acceptors (Lipinski definition) is 1. The number of aromatic nitrogens is 1. The summed E-state index contributed by atoms with van der Waals surface area (Å²) in [5, 5.41) is 0. The monoisotopic (exact) mass is 139 g/mol. The van der Waals surface area contributed by atoms with Crippen LogP contribution in [0.5, 0.6) is 0 Å². The highest BCUT2D eigenvalue weighted by molar-refractivity contribution is 5.17. The van der Waals surface area contributed by atoms with Crippen molar-refractivity contribution in [2.24, 2.45) is 0 Å². The van der Waals surface area contributed by atoms with Crippen molar-refractivity contribution < 1.29 is 5.48 Å². The van der Waals surface area contributed by atoms with Crippen LogP contribution in [0.2, 0.25) is 0 Å². The molecule has 1 heterocycles. The molecule has 0 aliphatic heterocycles. The minimum Gasteiger partial charge on any atom is -0.264 e. The molecule has 1 heteroatoms. The Hall–Kier alpha value is -0.850. The Balaban J connectivity index is 3.53. The molecule has 0 aromatic carbocycles. The predicted molar refractivity (Wildman–Crippen MR) is 42.9 cm³/mol. The normalized spacial score (nSPS) is 17.1. The van der Waals surface area contributed by atoms with E-state index < -0.39 is 0 Å². The lowest BCUT2D eigenvalue weighted by Crippen LogP contribution is -2.10. The largest absolute Gasteiger partial charge is 0.264 e. The first-order valence-electron chi connectivity index (χ1n) is 5.20.